The Hall–Kier alpha value is -1.09. The zero-order valence-corrected chi connectivity index (χ0v) is 5.99. The molecule has 0 saturated carbocycles. The predicted octanol–water partition coefficient (Wildman–Crippen LogP) is 0.392. The molecule has 0 radical (unpaired) electrons. The second-order valence-electron chi connectivity index (χ2n) is 2.05. The zero-order chi connectivity index (χ0) is 7.40. The summed E-state index contributed by atoms with van der Waals surface area (Å²) in [6.45, 7) is 0.566. The maximum Gasteiger partial charge on any atom is 0.0848 e. The summed E-state index contributed by atoms with van der Waals surface area (Å²) < 4.78 is 1.76. The first-order valence-corrected chi connectivity index (χ1v) is 3.19. The number of hydrogen-bond donors (Lipinski definition) is 1. The van der Waals surface area contributed by atoms with Gasteiger partial charge in [-0.05, 0) is 12.1 Å². The van der Waals surface area contributed by atoms with Crippen LogP contribution in [0.15, 0.2) is 18.3 Å². The topological polar surface area (TPSA) is 43.8 Å². The van der Waals surface area contributed by atoms with Crippen LogP contribution in [0.25, 0.3) is 6.08 Å². The fourth-order valence-corrected chi connectivity index (χ4v) is 0.711. The van der Waals surface area contributed by atoms with E-state index in [4.69, 9.17) is 5.73 Å². The molecular formula is C7H11N3. The van der Waals surface area contributed by atoms with E-state index in [-0.39, 0.29) is 0 Å². The number of nitrogens with two attached hydrogens (primary N) is 1. The van der Waals surface area contributed by atoms with Crippen LogP contribution in [-0.2, 0) is 7.05 Å². The van der Waals surface area contributed by atoms with Gasteiger partial charge < -0.3 is 5.73 Å². The van der Waals surface area contributed by atoms with Crippen molar-refractivity contribution < 1.29 is 0 Å². The van der Waals surface area contributed by atoms with Gasteiger partial charge >= 0.3 is 0 Å². The van der Waals surface area contributed by atoms with Crippen LogP contribution in [0, 0.1) is 0 Å². The van der Waals surface area contributed by atoms with Crippen LogP contribution in [0.4, 0.5) is 0 Å². The van der Waals surface area contributed by atoms with Crippen LogP contribution >= 0.6 is 0 Å². The van der Waals surface area contributed by atoms with E-state index in [1.165, 1.54) is 0 Å². The molecule has 0 atom stereocenters. The number of hydrogen-bond acceptors (Lipinski definition) is 2. The second-order valence-corrected chi connectivity index (χ2v) is 2.05. The van der Waals surface area contributed by atoms with Crippen molar-refractivity contribution in [2.45, 2.75) is 0 Å². The summed E-state index contributed by atoms with van der Waals surface area (Å²) in [4.78, 5) is 0. The molecule has 0 aliphatic rings. The van der Waals surface area contributed by atoms with Gasteiger partial charge in [0.2, 0.25) is 0 Å². The van der Waals surface area contributed by atoms with Crippen molar-refractivity contribution in [3.8, 4) is 0 Å². The Morgan fingerprint density at radius 1 is 1.80 bits per heavy atom. The van der Waals surface area contributed by atoms with Crippen molar-refractivity contribution in [2.75, 3.05) is 6.54 Å². The first-order valence-electron chi connectivity index (χ1n) is 3.19. The van der Waals surface area contributed by atoms with E-state index in [0.29, 0.717) is 6.54 Å². The molecular weight excluding hydrogens is 126 g/mol. The van der Waals surface area contributed by atoms with Crippen LogP contribution < -0.4 is 5.73 Å². The third-order valence-electron chi connectivity index (χ3n) is 1.16. The van der Waals surface area contributed by atoms with Gasteiger partial charge in [-0.3, -0.25) is 4.68 Å². The summed E-state index contributed by atoms with van der Waals surface area (Å²) in [5, 5.41) is 4.12. The molecule has 0 aliphatic heterocycles. The minimum Gasteiger partial charge on any atom is -0.327 e. The molecule has 0 unspecified atom stereocenters. The van der Waals surface area contributed by atoms with Crippen LogP contribution in [0.3, 0.4) is 0 Å². The van der Waals surface area contributed by atoms with Crippen molar-refractivity contribution in [3.63, 3.8) is 0 Å². The number of rotatable bonds is 2. The number of aromatic nitrogens is 2. The summed E-state index contributed by atoms with van der Waals surface area (Å²) in [7, 11) is 1.89. The molecule has 3 heteroatoms. The van der Waals surface area contributed by atoms with Gasteiger partial charge in [0.15, 0.2) is 0 Å². The van der Waals surface area contributed by atoms with Gasteiger partial charge in [-0.1, -0.05) is 6.08 Å². The molecule has 1 aromatic rings. The molecule has 0 amide bonds. The minimum atomic E-state index is 0.566. The van der Waals surface area contributed by atoms with Gasteiger partial charge in [0.25, 0.3) is 0 Å². The van der Waals surface area contributed by atoms with Crippen molar-refractivity contribution in [3.05, 3.63) is 24.0 Å². The highest BCUT2D eigenvalue weighted by Gasteiger charge is 1.87. The molecule has 54 valence electrons. The lowest BCUT2D eigenvalue weighted by Gasteiger charge is -1.83. The molecule has 0 aromatic carbocycles. The number of aryl methyl sites for hydroxylation is 1. The Morgan fingerprint density at radius 3 is 3.10 bits per heavy atom. The van der Waals surface area contributed by atoms with Crippen molar-refractivity contribution in [2.24, 2.45) is 12.8 Å². The normalized spacial score (nSPS) is 11.0. The Morgan fingerprint density at radius 2 is 2.60 bits per heavy atom. The van der Waals surface area contributed by atoms with Gasteiger partial charge in [-0.25, -0.2) is 0 Å². The minimum absolute atomic E-state index is 0.566. The van der Waals surface area contributed by atoms with Crippen molar-refractivity contribution >= 4 is 6.08 Å². The van der Waals surface area contributed by atoms with E-state index < -0.39 is 0 Å². The summed E-state index contributed by atoms with van der Waals surface area (Å²) in [6.07, 6.45) is 5.68. The molecule has 1 heterocycles. The van der Waals surface area contributed by atoms with E-state index in [1.807, 2.05) is 31.5 Å². The zero-order valence-electron chi connectivity index (χ0n) is 5.99. The SMILES string of the molecule is Cn1ccc(C=CCN)n1. The quantitative estimate of drug-likeness (QED) is 0.641. The maximum absolute atomic E-state index is 5.26. The average Bonchev–Trinajstić information content (AvgIpc) is 2.31. The Kier molecular flexibility index (Phi) is 2.23. The fourth-order valence-electron chi connectivity index (χ4n) is 0.711. The highest BCUT2D eigenvalue weighted by molar-refractivity contribution is 5.43. The maximum atomic E-state index is 5.26. The predicted molar refractivity (Wildman–Crippen MR) is 41.3 cm³/mol. The molecule has 1 aromatic heterocycles. The molecule has 0 fully saturated rings. The Labute approximate surface area is 60.1 Å². The van der Waals surface area contributed by atoms with E-state index >= 15 is 0 Å². The van der Waals surface area contributed by atoms with E-state index in [1.54, 1.807) is 4.68 Å². The lowest BCUT2D eigenvalue weighted by atomic mass is 10.4. The summed E-state index contributed by atoms with van der Waals surface area (Å²) in [5.74, 6) is 0. The van der Waals surface area contributed by atoms with Gasteiger partial charge in [0.1, 0.15) is 0 Å². The number of nitrogens with zero attached hydrogens (tertiary/aromatic N) is 2. The molecule has 2 N–H and O–H groups in total. The standard InChI is InChI=1S/C7H11N3/c1-10-6-4-7(9-10)3-2-5-8/h2-4,6H,5,8H2,1H3. The molecule has 0 spiro atoms. The van der Waals surface area contributed by atoms with Gasteiger partial charge in [0, 0.05) is 19.8 Å². The van der Waals surface area contributed by atoms with E-state index in [2.05, 4.69) is 5.10 Å². The van der Waals surface area contributed by atoms with Crippen LogP contribution in [-0.4, -0.2) is 16.3 Å². The first-order chi connectivity index (χ1) is 4.83. The van der Waals surface area contributed by atoms with Crippen LogP contribution in [0.5, 0.6) is 0 Å². The highest BCUT2D eigenvalue weighted by atomic mass is 15.2. The first kappa shape index (κ1) is 7.02. The molecule has 3 nitrogen and oxygen atoms in total. The fraction of sp³-hybridized carbons (Fsp3) is 0.286. The molecule has 0 bridgehead atoms. The van der Waals surface area contributed by atoms with E-state index in [9.17, 15) is 0 Å². The Balaban J connectivity index is 2.67. The Bertz CT molecular complexity index is 225. The lowest BCUT2D eigenvalue weighted by Crippen LogP contribution is -1.92. The second kappa shape index (κ2) is 3.17. The van der Waals surface area contributed by atoms with Crippen LogP contribution in [0.1, 0.15) is 5.69 Å². The van der Waals surface area contributed by atoms with Gasteiger partial charge in [-0.2, -0.15) is 5.10 Å². The summed E-state index contributed by atoms with van der Waals surface area (Å²) >= 11 is 0. The summed E-state index contributed by atoms with van der Waals surface area (Å²) in [5.41, 5.74) is 6.21. The summed E-state index contributed by atoms with van der Waals surface area (Å²) in [6, 6.07) is 1.94. The molecule has 0 saturated heterocycles. The van der Waals surface area contributed by atoms with Crippen molar-refractivity contribution in [1.82, 2.24) is 9.78 Å². The smallest absolute Gasteiger partial charge is 0.0848 e. The third-order valence-corrected chi connectivity index (χ3v) is 1.16. The van der Waals surface area contributed by atoms with Gasteiger partial charge in [0.05, 0.1) is 5.69 Å². The highest BCUT2D eigenvalue weighted by Crippen LogP contribution is 1.95. The molecule has 10 heavy (non-hydrogen) atoms. The van der Waals surface area contributed by atoms with Crippen molar-refractivity contribution in [1.29, 1.82) is 0 Å². The van der Waals surface area contributed by atoms with E-state index in [0.717, 1.165) is 5.69 Å². The molecule has 0 aliphatic carbocycles. The van der Waals surface area contributed by atoms with Crippen LogP contribution in [0.2, 0.25) is 0 Å². The molecule has 1 rings (SSSR count). The third kappa shape index (κ3) is 1.70. The largest absolute Gasteiger partial charge is 0.327 e. The lowest BCUT2D eigenvalue weighted by molar-refractivity contribution is 0.764. The average molecular weight is 137 g/mol. The van der Waals surface area contributed by atoms with Gasteiger partial charge in [-0.15, -0.1) is 0 Å². The monoisotopic (exact) mass is 137 g/mol.